The van der Waals surface area contributed by atoms with Crippen LogP contribution in [0.3, 0.4) is 0 Å². The van der Waals surface area contributed by atoms with E-state index in [0.29, 0.717) is 40.9 Å². The van der Waals surface area contributed by atoms with E-state index in [0.717, 1.165) is 33.4 Å². The third-order valence-corrected chi connectivity index (χ3v) is 10.5. The van der Waals surface area contributed by atoms with E-state index in [2.05, 4.69) is 105 Å². The smallest absolute Gasteiger partial charge is 0.349 e. The highest BCUT2D eigenvalue weighted by Crippen LogP contribution is 2.44. The van der Waals surface area contributed by atoms with Crippen LogP contribution >= 0.6 is 63.7 Å². The van der Waals surface area contributed by atoms with Crippen LogP contribution in [0.25, 0.3) is 0 Å². The summed E-state index contributed by atoms with van der Waals surface area (Å²) in [6.45, 7) is 16.0. The second-order valence-corrected chi connectivity index (χ2v) is 16.5. The van der Waals surface area contributed by atoms with Gasteiger partial charge in [-0.15, -0.1) is 0 Å². The van der Waals surface area contributed by atoms with Gasteiger partial charge >= 0.3 is 11.9 Å². The van der Waals surface area contributed by atoms with E-state index in [1.54, 1.807) is 0 Å². The molecule has 10 heteroatoms. The molecule has 0 bridgehead atoms. The van der Waals surface area contributed by atoms with Crippen molar-refractivity contribution >= 4 is 75.7 Å². The lowest BCUT2D eigenvalue weighted by molar-refractivity contribution is -0.137. The molecule has 0 aliphatic carbocycles. The van der Waals surface area contributed by atoms with Gasteiger partial charge in [-0.2, -0.15) is 0 Å². The summed E-state index contributed by atoms with van der Waals surface area (Å²) < 4.78 is 25.7. The van der Waals surface area contributed by atoms with Crippen LogP contribution in [0, 0.1) is 13.8 Å². The Balaban J connectivity index is 1.46. The van der Waals surface area contributed by atoms with Crippen LogP contribution in [0.2, 0.25) is 0 Å². The summed E-state index contributed by atoms with van der Waals surface area (Å²) in [7, 11) is 0. The molecule has 6 nitrogen and oxygen atoms in total. The predicted molar refractivity (Wildman–Crippen MR) is 209 cm³/mol. The predicted octanol–water partition coefficient (Wildman–Crippen LogP) is 11.9. The highest BCUT2D eigenvalue weighted by Gasteiger charge is 2.28. The van der Waals surface area contributed by atoms with Crippen molar-refractivity contribution in [2.45, 2.75) is 72.6 Å². The van der Waals surface area contributed by atoms with Gasteiger partial charge in [0.15, 0.2) is 24.7 Å². The molecular weight excluding hydrogens is 884 g/mol. The first-order chi connectivity index (χ1) is 23.0. The van der Waals surface area contributed by atoms with Crippen LogP contribution in [0.15, 0.2) is 78.6 Å². The molecule has 0 unspecified atom stereocenters. The minimum absolute atomic E-state index is 0.231. The number of aryl methyl sites for hydroxylation is 2. The second kappa shape index (κ2) is 16.6. The van der Waals surface area contributed by atoms with Gasteiger partial charge < -0.3 is 18.9 Å². The molecule has 0 saturated heterocycles. The molecule has 0 spiro atoms. The van der Waals surface area contributed by atoms with Gasteiger partial charge in [0.1, 0.15) is 11.5 Å². The highest BCUT2D eigenvalue weighted by atomic mass is 79.9. The van der Waals surface area contributed by atoms with E-state index in [4.69, 9.17) is 18.9 Å². The van der Waals surface area contributed by atoms with Crippen LogP contribution in [0.1, 0.15) is 86.8 Å². The molecular formula is C39H40Br4O6. The average molecular weight is 924 g/mol. The van der Waals surface area contributed by atoms with Gasteiger partial charge in [-0.05, 0) is 159 Å². The van der Waals surface area contributed by atoms with Crippen molar-refractivity contribution in [3.05, 3.63) is 112 Å². The molecule has 0 aromatic heterocycles. The summed E-state index contributed by atoms with van der Waals surface area (Å²) >= 11 is 14.4. The molecule has 0 aliphatic rings. The summed E-state index contributed by atoms with van der Waals surface area (Å²) in [4.78, 5) is 25.7. The minimum atomic E-state index is -0.521. The van der Waals surface area contributed by atoms with E-state index in [9.17, 15) is 9.59 Å². The number of hydrogen-bond donors (Lipinski definition) is 0. The molecule has 4 rings (SSSR count). The number of ether oxygens (including phenoxy) is 4. The maximum atomic E-state index is 12.9. The lowest BCUT2D eigenvalue weighted by atomic mass is 9.78. The lowest BCUT2D eigenvalue weighted by Gasteiger charge is -2.28. The standard InChI is InChI=1S/C39H40Br4O6/c1-21(2)27-11-9-23(5)13-33(27)46-19-35(44)48-37-29(40)15-25(16-30(37)41)39(7,8)26-17-31(42)38(32(43)18-26)49-36(45)20-47-34-14-24(6)10-12-28(34)22(3)4/h9-18,21-22H,19-20H2,1-8H3. The minimum Gasteiger partial charge on any atom is -0.482 e. The quantitative estimate of drug-likeness (QED) is 0.104. The van der Waals surface area contributed by atoms with E-state index >= 15 is 0 Å². The molecule has 0 atom stereocenters. The first kappa shape index (κ1) is 39.1. The van der Waals surface area contributed by atoms with Crippen LogP contribution in [0.5, 0.6) is 23.0 Å². The van der Waals surface area contributed by atoms with E-state index < -0.39 is 17.4 Å². The number of benzene rings is 4. The monoisotopic (exact) mass is 920 g/mol. The topological polar surface area (TPSA) is 71.1 Å². The van der Waals surface area contributed by atoms with Gasteiger partial charge in [0, 0.05) is 5.41 Å². The molecule has 4 aromatic carbocycles. The molecule has 0 amide bonds. The van der Waals surface area contributed by atoms with Crippen molar-refractivity contribution in [3.8, 4) is 23.0 Å². The summed E-state index contributed by atoms with van der Waals surface area (Å²) in [6, 6.07) is 19.7. The number of rotatable bonds is 12. The second-order valence-electron chi connectivity index (χ2n) is 13.1. The normalized spacial score (nSPS) is 11.6. The van der Waals surface area contributed by atoms with Gasteiger partial charge in [0.25, 0.3) is 0 Å². The van der Waals surface area contributed by atoms with E-state index in [1.807, 2.05) is 74.5 Å². The molecule has 0 fully saturated rings. The molecule has 49 heavy (non-hydrogen) atoms. The number of carbonyl (C=O) groups excluding carboxylic acids is 2. The third-order valence-electron chi connectivity index (χ3n) is 8.14. The fraction of sp³-hybridized carbons (Fsp3) is 0.333. The van der Waals surface area contributed by atoms with Gasteiger partial charge in [0.2, 0.25) is 0 Å². The highest BCUT2D eigenvalue weighted by molar-refractivity contribution is 9.11. The van der Waals surface area contributed by atoms with Crippen LogP contribution in [-0.4, -0.2) is 25.2 Å². The van der Waals surface area contributed by atoms with Crippen molar-refractivity contribution in [2.75, 3.05) is 13.2 Å². The zero-order valence-electron chi connectivity index (χ0n) is 28.8. The Labute approximate surface area is 322 Å². The van der Waals surface area contributed by atoms with Gasteiger partial charge in [-0.3, -0.25) is 0 Å². The van der Waals surface area contributed by atoms with Crippen molar-refractivity contribution in [1.82, 2.24) is 0 Å². The molecule has 0 N–H and O–H groups in total. The van der Waals surface area contributed by atoms with Gasteiger partial charge in [0.05, 0.1) is 17.9 Å². The first-order valence-electron chi connectivity index (χ1n) is 15.8. The summed E-state index contributed by atoms with van der Waals surface area (Å²) in [5.41, 5.74) is 5.54. The number of halogens is 4. The maximum absolute atomic E-state index is 12.9. The number of hydrogen-bond acceptors (Lipinski definition) is 6. The number of carbonyl (C=O) groups is 2. The fourth-order valence-electron chi connectivity index (χ4n) is 5.25. The fourth-order valence-corrected chi connectivity index (χ4v) is 7.95. The molecule has 0 radical (unpaired) electrons. The van der Waals surface area contributed by atoms with Gasteiger partial charge in [-0.25, -0.2) is 9.59 Å². The lowest BCUT2D eigenvalue weighted by Crippen LogP contribution is -2.21. The Morgan fingerprint density at radius 2 is 0.918 bits per heavy atom. The Morgan fingerprint density at radius 1 is 0.592 bits per heavy atom. The maximum Gasteiger partial charge on any atom is 0.349 e. The molecule has 0 saturated carbocycles. The van der Waals surface area contributed by atoms with Gasteiger partial charge in [-0.1, -0.05) is 65.8 Å². The first-order valence-corrected chi connectivity index (χ1v) is 19.0. The summed E-state index contributed by atoms with van der Waals surface area (Å²) in [5, 5.41) is 0. The van der Waals surface area contributed by atoms with Crippen LogP contribution in [-0.2, 0) is 15.0 Å². The Morgan fingerprint density at radius 3 is 1.22 bits per heavy atom. The SMILES string of the molecule is Cc1ccc(C(C)C)c(OCC(=O)Oc2c(Br)cc(C(C)(C)c3cc(Br)c(OC(=O)COc4cc(C)ccc4C(C)C)c(Br)c3)cc2Br)c1. The molecule has 0 aliphatic heterocycles. The molecule has 260 valence electrons. The van der Waals surface area contributed by atoms with E-state index in [1.165, 1.54) is 0 Å². The average Bonchev–Trinajstić information content (AvgIpc) is 3.02. The molecule has 0 heterocycles. The zero-order chi connectivity index (χ0) is 36.2. The largest absolute Gasteiger partial charge is 0.482 e. The van der Waals surface area contributed by atoms with Crippen LogP contribution < -0.4 is 18.9 Å². The van der Waals surface area contributed by atoms with Crippen molar-refractivity contribution in [2.24, 2.45) is 0 Å². The van der Waals surface area contributed by atoms with Crippen LogP contribution in [0.4, 0.5) is 0 Å². The summed E-state index contributed by atoms with van der Waals surface area (Å²) in [5.74, 6) is 1.53. The Hall–Kier alpha value is -2.66. The Bertz CT molecular complexity index is 1690. The zero-order valence-corrected chi connectivity index (χ0v) is 35.1. The van der Waals surface area contributed by atoms with Crippen molar-refractivity contribution in [3.63, 3.8) is 0 Å². The van der Waals surface area contributed by atoms with Crippen molar-refractivity contribution < 1.29 is 28.5 Å². The third kappa shape index (κ3) is 9.78. The molecule has 4 aromatic rings. The summed E-state index contributed by atoms with van der Waals surface area (Å²) in [6.07, 6.45) is 0. The Kier molecular flexibility index (Phi) is 13.2. The number of esters is 2. The van der Waals surface area contributed by atoms with Crippen molar-refractivity contribution in [1.29, 1.82) is 0 Å². The van der Waals surface area contributed by atoms with E-state index in [-0.39, 0.29) is 25.0 Å².